The van der Waals surface area contributed by atoms with E-state index >= 15 is 0 Å². The van der Waals surface area contributed by atoms with Crippen molar-refractivity contribution in [2.24, 2.45) is 0 Å². The number of ether oxygens (including phenoxy) is 1. The molecule has 0 saturated heterocycles. The van der Waals surface area contributed by atoms with Gasteiger partial charge in [0.25, 0.3) is 7.82 Å². The molecule has 0 aliphatic carbocycles. The number of phosphoric ester groups is 1. The van der Waals surface area contributed by atoms with Crippen molar-refractivity contribution in [3.8, 4) is 0 Å². The van der Waals surface area contributed by atoms with Crippen molar-refractivity contribution < 1.29 is 37.3 Å². The second-order valence-electron chi connectivity index (χ2n) is 25.7. The summed E-state index contributed by atoms with van der Waals surface area (Å²) >= 11 is 0. The Balaban J connectivity index is 5.10. The number of phosphoric acid groups is 1. The third kappa shape index (κ3) is 64.3. The largest absolute Gasteiger partial charge is 0.756 e. The fraction of sp³-hybridized carbons (Fsp3) is 0.863. The van der Waals surface area contributed by atoms with Gasteiger partial charge in [0.15, 0.2) is 0 Å². The Bertz CT molecular complexity index is 1560. The number of esters is 1. The zero-order valence-electron chi connectivity index (χ0n) is 55.9. The van der Waals surface area contributed by atoms with Crippen molar-refractivity contribution in [1.29, 1.82) is 0 Å². The number of quaternary nitrogens is 1. The van der Waals surface area contributed by atoms with Gasteiger partial charge in [0, 0.05) is 12.8 Å². The average Bonchev–Trinajstić information content (AvgIpc) is 3.46. The summed E-state index contributed by atoms with van der Waals surface area (Å²) in [5, 5.41) is 3.05. The van der Waals surface area contributed by atoms with Crippen LogP contribution in [0.25, 0.3) is 0 Å². The molecule has 9 nitrogen and oxygen atoms in total. The van der Waals surface area contributed by atoms with Crippen LogP contribution >= 0.6 is 7.82 Å². The van der Waals surface area contributed by atoms with Crippen LogP contribution in [0.4, 0.5) is 0 Å². The van der Waals surface area contributed by atoms with Crippen LogP contribution in [0.5, 0.6) is 0 Å². The van der Waals surface area contributed by atoms with E-state index in [2.05, 4.69) is 62.5 Å². The maximum atomic E-state index is 13.6. The highest BCUT2D eigenvalue weighted by Gasteiger charge is 2.27. The van der Waals surface area contributed by atoms with E-state index in [9.17, 15) is 19.0 Å². The zero-order chi connectivity index (χ0) is 60.7. The molecule has 0 aromatic carbocycles. The minimum absolute atomic E-state index is 0.0214. The summed E-state index contributed by atoms with van der Waals surface area (Å²) in [5.74, 6) is -0.527. The number of unbranched alkanes of at least 4 members (excludes halogenated alkanes) is 44. The fourth-order valence-electron chi connectivity index (χ4n) is 10.7. The van der Waals surface area contributed by atoms with E-state index < -0.39 is 20.0 Å². The molecule has 0 rings (SSSR count). The van der Waals surface area contributed by atoms with E-state index in [1.807, 2.05) is 33.3 Å². The molecule has 0 aromatic heterocycles. The number of allylic oxidation sites excluding steroid dienone is 7. The molecule has 3 atom stereocenters. The maximum Gasteiger partial charge on any atom is 0.306 e. The molecule has 0 aromatic rings. The van der Waals surface area contributed by atoms with Gasteiger partial charge in [-0.2, -0.15) is 0 Å². The lowest BCUT2D eigenvalue weighted by atomic mass is 10.0. The Hall–Kier alpha value is -2.03. The SMILES string of the molecule is CCCCC/C=C\C/C=C\C/C=C\CCCCCCCCCCCCC(=O)NC(COP(=O)([O-])OCC[N+](C)(C)C)C(/C=C/CCCCCCCCCCCCC)OC(=O)CCCCCCCCCCCCCCCCCCCCCCC. The lowest BCUT2D eigenvalue weighted by Gasteiger charge is -2.30. The molecule has 10 heteroatoms. The topological polar surface area (TPSA) is 114 Å². The Morgan fingerprint density at radius 2 is 0.735 bits per heavy atom. The molecule has 488 valence electrons. The second-order valence-corrected chi connectivity index (χ2v) is 27.2. The monoisotopic (exact) mass is 1190 g/mol. The van der Waals surface area contributed by atoms with E-state index in [-0.39, 0.29) is 31.5 Å². The Morgan fingerprint density at radius 3 is 1.12 bits per heavy atom. The predicted molar refractivity (Wildman–Crippen MR) is 358 cm³/mol. The number of carbonyl (C=O) groups is 2. The van der Waals surface area contributed by atoms with Crippen LogP contribution in [-0.4, -0.2) is 69.4 Å². The van der Waals surface area contributed by atoms with Gasteiger partial charge in [0.05, 0.1) is 33.8 Å². The molecule has 1 N–H and O–H groups in total. The molecule has 3 unspecified atom stereocenters. The molecule has 0 radical (unpaired) electrons. The molecule has 0 spiro atoms. The van der Waals surface area contributed by atoms with Crippen molar-refractivity contribution in [3.63, 3.8) is 0 Å². The van der Waals surface area contributed by atoms with Crippen LogP contribution in [0.1, 0.15) is 355 Å². The lowest BCUT2D eigenvalue weighted by Crippen LogP contribution is -2.47. The lowest BCUT2D eigenvalue weighted by molar-refractivity contribution is -0.870. The van der Waals surface area contributed by atoms with Gasteiger partial charge in [-0.3, -0.25) is 14.2 Å². The third-order valence-corrected chi connectivity index (χ3v) is 17.2. The molecule has 0 fully saturated rings. The zero-order valence-corrected chi connectivity index (χ0v) is 56.8. The number of likely N-dealkylation sites (N-methyl/N-ethyl adjacent to an activating group) is 1. The molecule has 0 aliphatic rings. The summed E-state index contributed by atoms with van der Waals surface area (Å²) in [6.07, 6.45) is 79.4. The van der Waals surface area contributed by atoms with Gasteiger partial charge < -0.3 is 28.5 Å². The summed E-state index contributed by atoms with van der Waals surface area (Å²) in [6, 6.07) is -0.889. The second kappa shape index (κ2) is 63.0. The molecular formula is C73H139N2O7P. The van der Waals surface area contributed by atoms with Crippen LogP contribution in [-0.2, 0) is 27.9 Å². The van der Waals surface area contributed by atoms with Crippen molar-refractivity contribution in [2.45, 2.75) is 367 Å². The van der Waals surface area contributed by atoms with Crippen LogP contribution in [0.15, 0.2) is 48.6 Å². The first-order valence-corrected chi connectivity index (χ1v) is 37.4. The predicted octanol–water partition coefficient (Wildman–Crippen LogP) is 22.2. The molecule has 0 bridgehead atoms. The van der Waals surface area contributed by atoms with E-state index in [0.717, 1.165) is 77.0 Å². The number of hydrogen-bond acceptors (Lipinski definition) is 7. The molecule has 83 heavy (non-hydrogen) atoms. The molecule has 0 aliphatic heterocycles. The van der Waals surface area contributed by atoms with Crippen LogP contribution in [0.3, 0.4) is 0 Å². The third-order valence-electron chi connectivity index (χ3n) is 16.3. The van der Waals surface area contributed by atoms with E-state index in [0.29, 0.717) is 17.4 Å². The fourth-order valence-corrected chi connectivity index (χ4v) is 11.4. The van der Waals surface area contributed by atoms with E-state index in [1.165, 1.54) is 244 Å². The first kappa shape index (κ1) is 81.0. The van der Waals surface area contributed by atoms with Crippen molar-refractivity contribution in [3.05, 3.63) is 48.6 Å². The summed E-state index contributed by atoms with van der Waals surface area (Å²) in [7, 11) is 1.20. The number of amides is 1. The van der Waals surface area contributed by atoms with Gasteiger partial charge in [0.1, 0.15) is 19.3 Å². The standard InChI is InChI=1S/C73H139N2O7P/c1-7-10-13-16-19-22-25-28-30-32-34-36-37-39-40-42-44-47-50-53-56-59-62-65-72(76)74-70(69-81-83(78,79)80-68-67-75(4,5)6)71(64-61-58-55-52-49-46-27-24-21-18-15-12-9-3)82-73(77)66-63-60-57-54-51-48-45-43-41-38-35-33-31-29-26-23-20-17-14-11-8-2/h19,22,28,30,34,36,61,64,70-71H,7-18,20-21,23-27,29,31-33,35,37-60,62-63,65-69H2,1-6H3,(H-,74,76,78,79)/b22-19-,30-28-,36-34-,64-61+. The van der Waals surface area contributed by atoms with Gasteiger partial charge in [0.2, 0.25) is 5.91 Å². The number of hydrogen-bond donors (Lipinski definition) is 1. The van der Waals surface area contributed by atoms with Crippen molar-refractivity contribution in [2.75, 3.05) is 40.9 Å². The van der Waals surface area contributed by atoms with Crippen LogP contribution in [0, 0.1) is 0 Å². The van der Waals surface area contributed by atoms with Gasteiger partial charge >= 0.3 is 5.97 Å². The van der Waals surface area contributed by atoms with Gasteiger partial charge in [-0.1, -0.05) is 320 Å². The van der Waals surface area contributed by atoms with Gasteiger partial charge in [-0.15, -0.1) is 0 Å². The maximum absolute atomic E-state index is 13.6. The summed E-state index contributed by atoms with van der Waals surface area (Å²) < 4.78 is 30.5. The Kier molecular flexibility index (Phi) is 61.5. The van der Waals surface area contributed by atoms with Gasteiger partial charge in [-0.25, -0.2) is 0 Å². The Labute approximate surface area is 516 Å². The highest BCUT2D eigenvalue weighted by atomic mass is 31.2. The summed E-state index contributed by atoms with van der Waals surface area (Å²) in [4.78, 5) is 40.2. The van der Waals surface area contributed by atoms with Crippen LogP contribution in [0.2, 0.25) is 0 Å². The minimum atomic E-state index is -4.70. The van der Waals surface area contributed by atoms with Gasteiger partial charge in [-0.05, 0) is 70.3 Å². The average molecular weight is 1190 g/mol. The molecule has 0 heterocycles. The first-order chi connectivity index (χ1) is 40.4. The highest BCUT2D eigenvalue weighted by molar-refractivity contribution is 7.45. The van der Waals surface area contributed by atoms with E-state index in [4.69, 9.17) is 13.8 Å². The Morgan fingerprint density at radius 1 is 0.422 bits per heavy atom. The highest BCUT2D eigenvalue weighted by Crippen LogP contribution is 2.38. The van der Waals surface area contributed by atoms with E-state index in [1.54, 1.807) is 0 Å². The van der Waals surface area contributed by atoms with Crippen molar-refractivity contribution in [1.82, 2.24) is 5.32 Å². The molecule has 1 amide bonds. The summed E-state index contributed by atoms with van der Waals surface area (Å²) in [5.41, 5.74) is 0. The smallest absolute Gasteiger partial charge is 0.306 e. The normalized spacial score (nSPS) is 13.8. The quantitative estimate of drug-likeness (QED) is 0.0212. The number of carbonyl (C=O) groups excluding carboxylic acids is 2. The number of nitrogens with one attached hydrogen (secondary N) is 1. The molecular weight excluding hydrogens is 1050 g/mol. The minimum Gasteiger partial charge on any atom is -0.756 e. The van der Waals surface area contributed by atoms with Crippen molar-refractivity contribution >= 4 is 19.7 Å². The summed E-state index contributed by atoms with van der Waals surface area (Å²) in [6.45, 7) is 6.87. The number of nitrogens with zero attached hydrogens (tertiary/aromatic N) is 1. The van der Waals surface area contributed by atoms with Crippen LogP contribution < -0.4 is 10.2 Å². The number of rotatable bonds is 66. The molecule has 0 saturated carbocycles. The first-order valence-electron chi connectivity index (χ1n) is 35.9.